The lowest BCUT2D eigenvalue weighted by Crippen LogP contribution is -2.12. The molecule has 0 aliphatic carbocycles. The molecule has 0 saturated carbocycles. The number of aromatic nitrogens is 2. The molecule has 0 bridgehead atoms. The third-order valence-electron chi connectivity index (χ3n) is 4.43. The number of aryl methyl sites for hydroxylation is 1. The molecule has 1 heterocycles. The molecule has 0 radical (unpaired) electrons. The van der Waals surface area contributed by atoms with E-state index in [4.69, 9.17) is 9.47 Å². The molecular formula is C22H25N3O2. The highest BCUT2D eigenvalue weighted by Gasteiger charge is 2.13. The molecule has 1 aromatic heterocycles. The summed E-state index contributed by atoms with van der Waals surface area (Å²) >= 11 is 0. The highest BCUT2D eigenvalue weighted by atomic mass is 16.5. The molecule has 0 saturated heterocycles. The van der Waals surface area contributed by atoms with Gasteiger partial charge in [0.2, 0.25) is 0 Å². The number of hydrogen-bond acceptors (Lipinski definition) is 5. The number of nitrogens with zero attached hydrogens (tertiary/aromatic N) is 2. The maximum absolute atomic E-state index is 5.35. The van der Waals surface area contributed by atoms with Gasteiger partial charge >= 0.3 is 0 Å². The molecule has 1 unspecified atom stereocenters. The molecule has 0 aliphatic rings. The Kier molecular flexibility index (Phi) is 5.91. The monoisotopic (exact) mass is 363 g/mol. The van der Waals surface area contributed by atoms with Crippen LogP contribution >= 0.6 is 0 Å². The fourth-order valence-electron chi connectivity index (χ4n) is 3.03. The Balaban J connectivity index is 1.90. The van der Waals surface area contributed by atoms with E-state index in [1.54, 1.807) is 14.2 Å². The summed E-state index contributed by atoms with van der Waals surface area (Å²) in [5.41, 5.74) is 3.03. The van der Waals surface area contributed by atoms with Gasteiger partial charge in [0, 0.05) is 11.6 Å². The van der Waals surface area contributed by atoms with Gasteiger partial charge in [-0.25, -0.2) is 9.97 Å². The SMILES string of the molecule is CCC(Nc1cc(-c2cccc(OC)c2)nc(C)n1)c1cccc(OC)c1. The fraction of sp³-hybridized carbons (Fsp3) is 0.273. The number of benzene rings is 2. The minimum atomic E-state index is 0.132. The van der Waals surface area contributed by atoms with Crippen molar-refractivity contribution >= 4 is 5.82 Å². The van der Waals surface area contributed by atoms with E-state index < -0.39 is 0 Å². The van der Waals surface area contributed by atoms with Gasteiger partial charge in [0.25, 0.3) is 0 Å². The number of hydrogen-bond donors (Lipinski definition) is 1. The maximum atomic E-state index is 5.35. The molecule has 27 heavy (non-hydrogen) atoms. The van der Waals surface area contributed by atoms with Crippen molar-refractivity contribution in [3.8, 4) is 22.8 Å². The second-order valence-electron chi connectivity index (χ2n) is 6.30. The third kappa shape index (κ3) is 4.56. The Morgan fingerprint density at radius 1 is 0.926 bits per heavy atom. The van der Waals surface area contributed by atoms with Gasteiger partial charge in [-0.2, -0.15) is 0 Å². The van der Waals surface area contributed by atoms with Gasteiger partial charge in [0.1, 0.15) is 23.1 Å². The van der Waals surface area contributed by atoms with Crippen molar-refractivity contribution in [3.05, 3.63) is 66.0 Å². The summed E-state index contributed by atoms with van der Waals surface area (Å²) in [5, 5.41) is 3.54. The Labute approximate surface area is 160 Å². The molecule has 3 rings (SSSR count). The molecule has 3 aromatic rings. The minimum absolute atomic E-state index is 0.132. The lowest BCUT2D eigenvalue weighted by atomic mass is 10.0. The summed E-state index contributed by atoms with van der Waals surface area (Å²) in [4.78, 5) is 9.16. The van der Waals surface area contributed by atoms with Gasteiger partial charge < -0.3 is 14.8 Å². The van der Waals surface area contributed by atoms with Crippen molar-refractivity contribution in [1.82, 2.24) is 9.97 Å². The minimum Gasteiger partial charge on any atom is -0.497 e. The quantitative estimate of drug-likeness (QED) is 0.638. The maximum Gasteiger partial charge on any atom is 0.130 e. The van der Waals surface area contributed by atoms with Gasteiger partial charge in [0.15, 0.2) is 0 Å². The largest absolute Gasteiger partial charge is 0.497 e. The van der Waals surface area contributed by atoms with Gasteiger partial charge in [-0.15, -0.1) is 0 Å². The summed E-state index contributed by atoms with van der Waals surface area (Å²) in [7, 11) is 3.35. The van der Waals surface area contributed by atoms with Crippen LogP contribution in [0.4, 0.5) is 5.82 Å². The second-order valence-corrected chi connectivity index (χ2v) is 6.30. The second kappa shape index (κ2) is 8.54. The van der Waals surface area contributed by atoms with Gasteiger partial charge in [-0.3, -0.25) is 0 Å². The van der Waals surface area contributed by atoms with E-state index in [-0.39, 0.29) is 6.04 Å². The van der Waals surface area contributed by atoms with Crippen LogP contribution in [0.3, 0.4) is 0 Å². The van der Waals surface area contributed by atoms with E-state index in [1.165, 1.54) is 0 Å². The summed E-state index contributed by atoms with van der Waals surface area (Å²) in [6.07, 6.45) is 0.921. The molecule has 5 nitrogen and oxygen atoms in total. The van der Waals surface area contributed by atoms with Crippen molar-refractivity contribution in [2.75, 3.05) is 19.5 Å². The van der Waals surface area contributed by atoms with Gasteiger partial charge in [0.05, 0.1) is 26.0 Å². The van der Waals surface area contributed by atoms with Crippen molar-refractivity contribution in [2.45, 2.75) is 26.3 Å². The average Bonchev–Trinajstić information content (AvgIpc) is 2.71. The number of anilines is 1. The van der Waals surface area contributed by atoms with E-state index in [0.717, 1.165) is 46.4 Å². The summed E-state index contributed by atoms with van der Waals surface area (Å²) < 4.78 is 10.7. The van der Waals surface area contributed by atoms with Crippen molar-refractivity contribution in [1.29, 1.82) is 0 Å². The van der Waals surface area contributed by atoms with E-state index in [0.29, 0.717) is 0 Å². The zero-order valence-electron chi connectivity index (χ0n) is 16.2. The van der Waals surface area contributed by atoms with Crippen LogP contribution in [-0.2, 0) is 0 Å². The molecule has 0 spiro atoms. The summed E-state index contributed by atoms with van der Waals surface area (Å²) in [6, 6.07) is 18.1. The molecule has 0 aliphatic heterocycles. The summed E-state index contributed by atoms with van der Waals surface area (Å²) in [6.45, 7) is 4.05. The molecular weight excluding hydrogens is 338 g/mol. The number of nitrogens with one attached hydrogen (secondary N) is 1. The van der Waals surface area contributed by atoms with Crippen LogP contribution in [0.2, 0.25) is 0 Å². The van der Waals surface area contributed by atoms with Crippen LogP contribution in [0, 0.1) is 6.92 Å². The topological polar surface area (TPSA) is 56.3 Å². The van der Waals surface area contributed by atoms with Crippen molar-refractivity contribution < 1.29 is 9.47 Å². The first-order valence-corrected chi connectivity index (χ1v) is 9.03. The van der Waals surface area contributed by atoms with Crippen LogP contribution in [0.15, 0.2) is 54.6 Å². The number of rotatable bonds is 7. The summed E-state index contributed by atoms with van der Waals surface area (Å²) in [5.74, 6) is 3.18. The Morgan fingerprint density at radius 3 is 2.33 bits per heavy atom. The number of ether oxygens (including phenoxy) is 2. The lowest BCUT2D eigenvalue weighted by Gasteiger charge is -2.19. The number of methoxy groups -OCH3 is 2. The molecule has 1 atom stereocenters. The van der Waals surface area contributed by atoms with E-state index >= 15 is 0 Å². The Morgan fingerprint density at radius 2 is 1.63 bits per heavy atom. The molecule has 2 aromatic carbocycles. The first-order valence-electron chi connectivity index (χ1n) is 9.03. The fourth-order valence-corrected chi connectivity index (χ4v) is 3.03. The van der Waals surface area contributed by atoms with Crippen LogP contribution < -0.4 is 14.8 Å². The smallest absolute Gasteiger partial charge is 0.130 e. The zero-order valence-corrected chi connectivity index (χ0v) is 16.2. The van der Waals surface area contributed by atoms with E-state index in [9.17, 15) is 0 Å². The highest BCUT2D eigenvalue weighted by molar-refractivity contribution is 5.64. The van der Waals surface area contributed by atoms with Crippen LogP contribution in [0.1, 0.15) is 30.8 Å². The molecule has 0 fully saturated rings. The molecule has 140 valence electrons. The highest BCUT2D eigenvalue weighted by Crippen LogP contribution is 2.28. The van der Waals surface area contributed by atoms with Crippen molar-refractivity contribution in [2.24, 2.45) is 0 Å². The standard InChI is InChI=1S/C22H25N3O2/c1-5-20(16-8-6-10-18(12-16)26-3)25-22-14-21(23-15(2)24-22)17-9-7-11-19(13-17)27-4/h6-14,20H,5H2,1-4H3,(H,23,24,25). The van der Waals surface area contributed by atoms with Gasteiger partial charge in [-0.1, -0.05) is 31.2 Å². The van der Waals surface area contributed by atoms with Gasteiger partial charge in [-0.05, 0) is 43.2 Å². The zero-order chi connectivity index (χ0) is 19.2. The molecule has 0 amide bonds. The first kappa shape index (κ1) is 18.7. The third-order valence-corrected chi connectivity index (χ3v) is 4.43. The lowest BCUT2D eigenvalue weighted by molar-refractivity contribution is 0.414. The van der Waals surface area contributed by atoms with Crippen LogP contribution in [0.5, 0.6) is 11.5 Å². The average molecular weight is 363 g/mol. The van der Waals surface area contributed by atoms with Crippen molar-refractivity contribution in [3.63, 3.8) is 0 Å². The predicted molar refractivity (Wildman–Crippen MR) is 108 cm³/mol. The predicted octanol–water partition coefficient (Wildman–Crippen LogP) is 5.03. The molecule has 1 N–H and O–H groups in total. The van der Waals surface area contributed by atoms with Crippen LogP contribution in [-0.4, -0.2) is 24.2 Å². The Bertz CT molecular complexity index is 912. The normalized spacial score (nSPS) is 11.7. The molecule has 5 heteroatoms. The first-order chi connectivity index (χ1) is 13.1. The van der Waals surface area contributed by atoms with E-state index in [1.807, 2.05) is 49.4 Å². The van der Waals surface area contributed by atoms with Crippen LogP contribution in [0.25, 0.3) is 11.3 Å². The Hall–Kier alpha value is -3.08. The van der Waals surface area contributed by atoms with E-state index in [2.05, 4.69) is 34.3 Å².